The molecule has 0 atom stereocenters. The van der Waals surface area contributed by atoms with E-state index in [9.17, 15) is 5.11 Å². The van der Waals surface area contributed by atoms with Gasteiger partial charge in [-0.15, -0.1) is 24.0 Å². The fraction of sp³-hybridized carbons (Fsp3) is 0.316. The van der Waals surface area contributed by atoms with E-state index < -0.39 is 0 Å². The molecule has 26 heavy (non-hydrogen) atoms. The van der Waals surface area contributed by atoms with Crippen molar-refractivity contribution in [3.05, 3.63) is 53.6 Å². The molecule has 0 aliphatic rings. The predicted molar refractivity (Wildman–Crippen MR) is 115 cm³/mol. The Hall–Kier alpha value is -2.16. The summed E-state index contributed by atoms with van der Waals surface area (Å²) < 4.78 is 10.6. The van der Waals surface area contributed by atoms with Gasteiger partial charge >= 0.3 is 0 Å². The molecule has 0 saturated heterocycles. The fourth-order valence-corrected chi connectivity index (χ4v) is 2.34. The van der Waals surface area contributed by atoms with Gasteiger partial charge in [0.15, 0.2) is 5.96 Å². The van der Waals surface area contributed by atoms with Gasteiger partial charge in [0, 0.05) is 24.7 Å². The monoisotopic (exact) mass is 471 g/mol. The third-order valence-corrected chi connectivity index (χ3v) is 3.62. The number of nitrogens with zero attached hydrogens (tertiary/aromatic N) is 1. The number of rotatable bonds is 7. The molecule has 0 aliphatic carbocycles. The molecule has 2 aromatic carbocycles. The molecule has 2 rings (SSSR count). The van der Waals surface area contributed by atoms with Crippen molar-refractivity contribution in [1.82, 2.24) is 10.6 Å². The van der Waals surface area contributed by atoms with Gasteiger partial charge in [0.1, 0.15) is 17.2 Å². The molecule has 7 heteroatoms. The lowest BCUT2D eigenvalue weighted by Crippen LogP contribution is -2.36. The van der Waals surface area contributed by atoms with Gasteiger partial charge in [0.05, 0.1) is 20.8 Å². The zero-order valence-corrected chi connectivity index (χ0v) is 17.6. The fourth-order valence-electron chi connectivity index (χ4n) is 2.34. The number of guanidine groups is 1. The number of ether oxygens (including phenoxy) is 2. The maximum absolute atomic E-state index is 9.53. The number of hydrogen-bond donors (Lipinski definition) is 3. The summed E-state index contributed by atoms with van der Waals surface area (Å²) in [6.07, 6.45) is 0. The van der Waals surface area contributed by atoms with Crippen LogP contribution in [-0.2, 0) is 13.1 Å². The summed E-state index contributed by atoms with van der Waals surface area (Å²) in [6.45, 7) is 3.81. The molecule has 142 valence electrons. The van der Waals surface area contributed by atoms with Crippen LogP contribution in [0.1, 0.15) is 18.1 Å². The van der Waals surface area contributed by atoms with Gasteiger partial charge in [-0.1, -0.05) is 12.1 Å². The highest BCUT2D eigenvalue weighted by Gasteiger charge is 2.06. The van der Waals surface area contributed by atoms with E-state index in [0.717, 1.165) is 29.2 Å². The normalized spacial score (nSPS) is 10.7. The minimum Gasteiger partial charge on any atom is -0.508 e. The molecule has 0 fully saturated rings. The molecule has 0 heterocycles. The molecule has 0 radical (unpaired) electrons. The lowest BCUT2D eigenvalue weighted by Gasteiger charge is -2.14. The van der Waals surface area contributed by atoms with E-state index in [1.807, 2.05) is 37.3 Å². The number of phenols is 1. The van der Waals surface area contributed by atoms with Crippen molar-refractivity contribution in [3.63, 3.8) is 0 Å². The van der Waals surface area contributed by atoms with E-state index >= 15 is 0 Å². The Bertz CT molecular complexity index is 723. The number of aliphatic imine (C=N–C) groups is 1. The average Bonchev–Trinajstić information content (AvgIpc) is 2.64. The van der Waals surface area contributed by atoms with Crippen molar-refractivity contribution in [3.8, 4) is 17.2 Å². The number of methoxy groups -OCH3 is 2. The zero-order chi connectivity index (χ0) is 18.1. The molecule has 0 bridgehead atoms. The van der Waals surface area contributed by atoms with Crippen LogP contribution in [-0.4, -0.2) is 31.8 Å². The van der Waals surface area contributed by atoms with Crippen molar-refractivity contribution < 1.29 is 14.6 Å². The number of aromatic hydroxyl groups is 1. The topological polar surface area (TPSA) is 75.1 Å². The Morgan fingerprint density at radius 3 is 2.54 bits per heavy atom. The molecule has 0 unspecified atom stereocenters. The number of phenolic OH excluding ortho intramolecular Hbond substituents is 1. The van der Waals surface area contributed by atoms with Gasteiger partial charge in [0.25, 0.3) is 0 Å². The Morgan fingerprint density at radius 2 is 1.88 bits per heavy atom. The molecule has 6 nitrogen and oxygen atoms in total. The van der Waals surface area contributed by atoms with E-state index in [2.05, 4.69) is 15.6 Å². The van der Waals surface area contributed by atoms with Gasteiger partial charge in [-0.25, -0.2) is 4.99 Å². The standard InChI is InChI=1S/C19H25N3O3.HI/c1-4-20-19(21-12-14-6-5-7-16(23)10-14)22-13-15-8-9-17(24-2)11-18(15)25-3;/h5-11,23H,4,12-13H2,1-3H3,(H2,20,21,22);1H. The SMILES string of the molecule is CCNC(=NCc1cccc(O)c1)NCc1ccc(OC)cc1OC.I. The summed E-state index contributed by atoms with van der Waals surface area (Å²) in [4.78, 5) is 4.55. The molecular weight excluding hydrogens is 445 g/mol. The first-order chi connectivity index (χ1) is 12.2. The summed E-state index contributed by atoms with van der Waals surface area (Å²) in [7, 11) is 3.27. The highest BCUT2D eigenvalue weighted by molar-refractivity contribution is 14.0. The van der Waals surface area contributed by atoms with Crippen LogP contribution in [0.5, 0.6) is 17.2 Å². The summed E-state index contributed by atoms with van der Waals surface area (Å²) in [6, 6.07) is 12.8. The molecule has 0 amide bonds. The zero-order valence-electron chi connectivity index (χ0n) is 15.3. The molecule has 3 N–H and O–H groups in total. The quantitative estimate of drug-likeness (QED) is 0.329. The van der Waals surface area contributed by atoms with Crippen molar-refractivity contribution in [2.45, 2.75) is 20.0 Å². The molecule has 0 aromatic heterocycles. The van der Waals surface area contributed by atoms with Gasteiger partial charge in [0.2, 0.25) is 0 Å². The van der Waals surface area contributed by atoms with E-state index in [0.29, 0.717) is 19.0 Å². The summed E-state index contributed by atoms with van der Waals surface area (Å²) in [5.74, 6) is 2.46. The second kappa shape index (κ2) is 11.5. The van der Waals surface area contributed by atoms with Crippen molar-refractivity contribution >= 4 is 29.9 Å². The molecule has 2 aromatic rings. The first-order valence-corrected chi connectivity index (χ1v) is 8.17. The molecule has 0 aliphatic heterocycles. The minimum absolute atomic E-state index is 0. The summed E-state index contributed by atoms with van der Waals surface area (Å²) >= 11 is 0. The van der Waals surface area contributed by atoms with Crippen molar-refractivity contribution in [1.29, 1.82) is 0 Å². The Balaban J connectivity index is 0.00000338. The van der Waals surface area contributed by atoms with Crippen LogP contribution in [0.25, 0.3) is 0 Å². The van der Waals surface area contributed by atoms with E-state index in [-0.39, 0.29) is 29.7 Å². The van der Waals surface area contributed by atoms with Crippen LogP contribution in [0, 0.1) is 0 Å². The van der Waals surface area contributed by atoms with Gasteiger partial charge in [-0.2, -0.15) is 0 Å². The number of hydrogen-bond acceptors (Lipinski definition) is 4. The Labute approximate surface area is 171 Å². The predicted octanol–water partition coefficient (Wildman–Crippen LogP) is 3.28. The van der Waals surface area contributed by atoms with Crippen LogP contribution in [0.3, 0.4) is 0 Å². The second-order valence-corrected chi connectivity index (χ2v) is 5.40. The number of nitrogens with one attached hydrogen (secondary N) is 2. The lowest BCUT2D eigenvalue weighted by molar-refractivity contribution is 0.390. The van der Waals surface area contributed by atoms with Crippen LogP contribution >= 0.6 is 24.0 Å². The van der Waals surface area contributed by atoms with Crippen LogP contribution in [0.4, 0.5) is 0 Å². The molecule has 0 spiro atoms. The first kappa shape index (κ1) is 21.9. The lowest BCUT2D eigenvalue weighted by atomic mass is 10.2. The molecular formula is C19H26IN3O3. The Kier molecular flexibility index (Phi) is 9.64. The van der Waals surface area contributed by atoms with Crippen molar-refractivity contribution in [2.24, 2.45) is 4.99 Å². The maximum Gasteiger partial charge on any atom is 0.191 e. The van der Waals surface area contributed by atoms with Gasteiger partial charge < -0.3 is 25.2 Å². The highest BCUT2D eigenvalue weighted by Crippen LogP contribution is 2.24. The third-order valence-electron chi connectivity index (χ3n) is 3.62. The summed E-state index contributed by atoms with van der Waals surface area (Å²) in [5, 5.41) is 16.0. The maximum atomic E-state index is 9.53. The second-order valence-electron chi connectivity index (χ2n) is 5.40. The number of benzene rings is 2. The Morgan fingerprint density at radius 1 is 1.08 bits per heavy atom. The smallest absolute Gasteiger partial charge is 0.191 e. The van der Waals surface area contributed by atoms with Crippen LogP contribution in [0.15, 0.2) is 47.5 Å². The highest BCUT2D eigenvalue weighted by atomic mass is 127. The third kappa shape index (κ3) is 6.62. The van der Waals surface area contributed by atoms with Crippen molar-refractivity contribution in [2.75, 3.05) is 20.8 Å². The van der Waals surface area contributed by atoms with E-state index in [1.165, 1.54) is 0 Å². The molecule has 0 saturated carbocycles. The van der Waals surface area contributed by atoms with Gasteiger partial charge in [-0.3, -0.25) is 0 Å². The van der Waals surface area contributed by atoms with Gasteiger partial charge in [-0.05, 0) is 36.8 Å². The minimum atomic E-state index is 0. The van der Waals surface area contributed by atoms with E-state index in [1.54, 1.807) is 26.4 Å². The number of halogens is 1. The summed E-state index contributed by atoms with van der Waals surface area (Å²) in [5.41, 5.74) is 1.95. The van der Waals surface area contributed by atoms with Crippen LogP contribution in [0.2, 0.25) is 0 Å². The first-order valence-electron chi connectivity index (χ1n) is 8.17. The largest absolute Gasteiger partial charge is 0.508 e. The van der Waals surface area contributed by atoms with E-state index in [4.69, 9.17) is 9.47 Å². The average molecular weight is 471 g/mol. The van der Waals surface area contributed by atoms with Crippen LogP contribution < -0.4 is 20.1 Å².